The smallest absolute Gasteiger partial charge is 0.352 e. The number of fused-ring (bicyclic) bond motifs is 1. The Balaban J connectivity index is 1.52. The van der Waals surface area contributed by atoms with Gasteiger partial charge in [-0.25, -0.2) is 8.42 Å². The van der Waals surface area contributed by atoms with Crippen molar-refractivity contribution in [2.45, 2.75) is 24.0 Å². The Morgan fingerprint density at radius 3 is 2.43 bits per heavy atom. The van der Waals surface area contributed by atoms with Gasteiger partial charge in [-0.1, -0.05) is 24.3 Å². The van der Waals surface area contributed by atoms with E-state index < -0.39 is 21.8 Å². The standard InChI is InChI=1S/C18H16F3N3O3S/c19-18(20,21)13-7-5-12(6-8-13)11-23-16(25)9-10-22-17-14-3-1-2-4-15(14)28(26,27)24-17/h1-8H,9-11H2,(H,22,24)(H,23,25). The highest BCUT2D eigenvalue weighted by Gasteiger charge is 2.30. The zero-order valence-corrected chi connectivity index (χ0v) is 15.3. The van der Waals surface area contributed by atoms with Gasteiger partial charge in [0.1, 0.15) is 5.84 Å². The zero-order chi connectivity index (χ0) is 20.4. The SMILES string of the molecule is O=C(CCN=C1NS(=O)(=O)c2ccccc21)NCc1ccc(C(F)(F)F)cc1. The average Bonchev–Trinajstić information content (AvgIpc) is 2.90. The molecule has 2 aromatic rings. The Labute approximate surface area is 159 Å². The number of alkyl halides is 3. The van der Waals surface area contributed by atoms with E-state index in [4.69, 9.17) is 0 Å². The van der Waals surface area contributed by atoms with Gasteiger partial charge in [0.15, 0.2) is 0 Å². The van der Waals surface area contributed by atoms with Gasteiger partial charge in [-0.05, 0) is 29.8 Å². The highest BCUT2D eigenvalue weighted by atomic mass is 32.2. The minimum atomic E-state index is -4.40. The summed E-state index contributed by atoms with van der Waals surface area (Å²) < 4.78 is 63.8. The number of nitrogens with one attached hydrogen (secondary N) is 2. The summed E-state index contributed by atoms with van der Waals surface area (Å²) in [6.07, 6.45) is -4.39. The first-order chi connectivity index (χ1) is 13.2. The van der Waals surface area contributed by atoms with Crippen molar-refractivity contribution in [1.82, 2.24) is 10.0 Å². The molecule has 2 aromatic carbocycles. The van der Waals surface area contributed by atoms with Crippen molar-refractivity contribution in [1.29, 1.82) is 0 Å². The molecule has 0 fully saturated rings. The van der Waals surface area contributed by atoms with Crippen molar-refractivity contribution in [3.8, 4) is 0 Å². The lowest BCUT2D eigenvalue weighted by molar-refractivity contribution is -0.137. The fourth-order valence-electron chi connectivity index (χ4n) is 2.62. The van der Waals surface area contributed by atoms with Gasteiger partial charge in [-0.3, -0.25) is 14.5 Å². The quantitative estimate of drug-likeness (QED) is 0.792. The number of amidine groups is 1. The van der Waals surface area contributed by atoms with Crippen LogP contribution in [0.15, 0.2) is 58.4 Å². The summed E-state index contributed by atoms with van der Waals surface area (Å²) in [6, 6.07) is 10.9. The summed E-state index contributed by atoms with van der Waals surface area (Å²) in [5.41, 5.74) is 0.232. The van der Waals surface area contributed by atoms with Crippen LogP contribution >= 0.6 is 0 Å². The molecule has 0 aromatic heterocycles. The molecule has 0 radical (unpaired) electrons. The molecular formula is C18H16F3N3O3S. The van der Waals surface area contributed by atoms with Crippen LogP contribution < -0.4 is 10.0 Å². The summed E-state index contributed by atoms with van der Waals surface area (Å²) in [4.78, 5) is 16.2. The molecule has 0 atom stereocenters. The predicted octanol–water partition coefficient (Wildman–Crippen LogP) is 2.45. The van der Waals surface area contributed by atoms with E-state index in [1.54, 1.807) is 18.2 Å². The molecule has 0 saturated heterocycles. The van der Waals surface area contributed by atoms with Crippen LogP contribution in [0.5, 0.6) is 0 Å². The van der Waals surface area contributed by atoms with Crippen molar-refractivity contribution in [2.24, 2.45) is 4.99 Å². The first kappa shape index (κ1) is 19.9. The molecule has 0 bridgehead atoms. The molecule has 1 amide bonds. The summed E-state index contributed by atoms with van der Waals surface area (Å²) in [6.45, 7) is 0.147. The molecule has 28 heavy (non-hydrogen) atoms. The van der Waals surface area contributed by atoms with Crippen LogP contribution in [0.2, 0.25) is 0 Å². The van der Waals surface area contributed by atoms with Gasteiger partial charge >= 0.3 is 6.18 Å². The van der Waals surface area contributed by atoms with Gasteiger partial charge in [0, 0.05) is 18.5 Å². The highest BCUT2D eigenvalue weighted by molar-refractivity contribution is 7.90. The number of rotatable bonds is 5. The number of nitrogens with zero attached hydrogens (tertiary/aromatic N) is 1. The molecule has 148 valence electrons. The van der Waals surface area contributed by atoms with E-state index in [1.807, 2.05) is 0 Å². The third kappa shape index (κ3) is 4.50. The highest BCUT2D eigenvalue weighted by Crippen LogP contribution is 2.29. The van der Waals surface area contributed by atoms with Crippen molar-refractivity contribution in [3.63, 3.8) is 0 Å². The molecule has 0 saturated carbocycles. The third-order valence-electron chi connectivity index (χ3n) is 4.04. The molecule has 1 aliphatic rings. The van der Waals surface area contributed by atoms with E-state index in [2.05, 4.69) is 15.0 Å². The van der Waals surface area contributed by atoms with Crippen LogP contribution in [0.3, 0.4) is 0 Å². The number of sulfonamides is 1. The molecule has 3 rings (SSSR count). The van der Waals surface area contributed by atoms with Crippen molar-refractivity contribution >= 4 is 21.8 Å². The minimum Gasteiger partial charge on any atom is -0.352 e. The normalized spacial score (nSPS) is 16.5. The fourth-order valence-corrected chi connectivity index (χ4v) is 3.87. The number of benzene rings is 2. The number of amides is 1. The molecule has 6 nitrogen and oxygen atoms in total. The maximum absolute atomic E-state index is 12.5. The topological polar surface area (TPSA) is 87.6 Å². The monoisotopic (exact) mass is 411 g/mol. The van der Waals surface area contributed by atoms with Gasteiger partial charge in [0.2, 0.25) is 5.91 Å². The van der Waals surface area contributed by atoms with Crippen molar-refractivity contribution < 1.29 is 26.4 Å². The lowest BCUT2D eigenvalue weighted by Gasteiger charge is -2.08. The minimum absolute atomic E-state index is 0.00797. The van der Waals surface area contributed by atoms with E-state index in [0.29, 0.717) is 11.1 Å². The Morgan fingerprint density at radius 1 is 1.07 bits per heavy atom. The molecule has 1 heterocycles. The van der Waals surface area contributed by atoms with E-state index >= 15 is 0 Å². The van der Waals surface area contributed by atoms with Crippen LogP contribution in [-0.4, -0.2) is 26.7 Å². The third-order valence-corrected chi connectivity index (χ3v) is 5.44. The predicted molar refractivity (Wildman–Crippen MR) is 96.1 cm³/mol. The lowest BCUT2D eigenvalue weighted by Crippen LogP contribution is -2.25. The van der Waals surface area contributed by atoms with Crippen LogP contribution in [0.4, 0.5) is 13.2 Å². The fraction of sp³-hybridized carbons (Fsp3) is 0.222. The first-order valence-corrected chi connectivity index (χ1v) is 9.75. The van der Waals surface area contributed by atoms with Crippen LogP contribution in [-0.2, 0) is 27.5 Å². The Kier molecular flexibility index (Phi) is 5.41. The van der Waals surface area contributed by atoms with Crippen molar-refractivity contribution in [2.75, 3.05) is 6.54 Å². The van der Waals surface area contributed by atoms with Gasteiger partial charge < -0.3 is 5.32 Å². The molecule has 0 aliphatic carbocycles. The Bertz CT molecular complexity index is 1020. The first-order valence-electron chi connectivity index (χ1n) is 8.26. The summed E-state index contributed by atoms with van der Waals surface area (Å²) >= 11 is 0. The second-order valence-electron chi connectivity index (χ2n) is 6.05. The number of carbonyl (C=O) groups excluding carboxylic acids is 1. The molecule has 2 N–H and O–H groups in total. The number of halogens is 3. The maximum Gasteiger partial charge on any atom is 0.416 e. The molecule has 1 aliphatic heterocycles. The van der Waals surface area contributed by atoms with Gasteiger partial charge in [0.05, 0.1) is 17.0 Å². The van der Waals surface area contributed by atoms with Crippen LogP contribution in [0.1, 0.15) is 23.1 Å². The summed E-state index contributed by atoms with van der Waals surface area (Å²) in [5.74, 6) is -0.162. The van der Waals surface area contributed by atoms with E-state index in [1.165, 1.54) is 18.2 Å². The molecule has 10 heteroatoms. The van der Waals surface area contributed by atoms with Gasteiger partial charge in [0.25, 0.3) is 10.0 Å². The summed E-state index contributed by atoms with van der Waals surface area (Å²) in [7, 11) is -3.63. The number of carbonyl (C=O) groups is 1. The second kappa shape index (κ2) is 7.63. The molecule has 0 spiro atoms. The molecule has 0 unspecified atom stereocenters. The van der Waals surface area contributed by atoms with E-state index in [-0.39, 0.29) is 36.1 Å². The van der Waals surface area contributed by atoms with Gasteiger partial charge in [-0.2, -0.15) is 13.2 Å². The largest absolute Gasteiger partial charge is 0.416 e. The maximum atomic E-state index is 12.5. The Morgan fingerprint density at radius 2 is 1.75 bits per heavy atom. The average molecular weight is 411 g/mol. The zero-order valence-electron chi connectivity index (χ0n) is 14.5. The molecular weight excluding hydrogens is 395 g/mol. The van der Waals surface area contributed by atoms with E-state index in [0.717, 1.165) is 12.1 Å². The van der Waals surface area contributed by atoms with Crippen LogP contribution in [0.25, 0.3) is 0 Å². The number of hydrogen-bond donors (Lipinski definition) is 2. The second-order valence-corrected chi connectivity index (χ2v) is 7.70. The lowest BCUT2D eigenvalue weighted by atomic mass is 10.1. The van der Waals surface area contributed by atoms with E-state index in [9.17, 15) is 26.4 Å². The summed E-state index contributed by atoms with van der Waals surface area (Å²) in [5, 5.41) is 2.59. The Hall–Kier alpha value is -2.88. The number of aliphatic imine (C=N–C) groups is 1. The van der Waals surface area contributed by atoms with Crippen molar-refractivity contribution in [3.05, 3.63) is 65.2 Å². The van der Waals surface area contributed by atoms with Crippen LogP contribution in [0, 0.1) is 0 Å². The number of hydrogen-bond acceptors (Lipinski definition) is 4. The van der Waals surface area contributed by atoms with Gasteiger partial charge in [-0.15, -0.1) is 0 Å².